The fourth-order valence-corrected chi connectivity index (χ4v) is 3.62. The largest absolute Gasteiger partial charge is 0.360 e. The first-order chi connectivity index (χ1) is 12.3. The summed E-state index contributed by atoms with van der Waals surface area (Å²) in [6.45, 7) is 10.7. The van der Waals surface area contributed by atoms with Crippen molar-refractivity contribution < 1.29 is 14.1 Å². The van der Waals surface area contributed by atoms with Crippen molar-refractivity contribution in [1.29, 1.82) is 0 Å². The summed E-state index contributed by atoms with van der Waals surface area (Å²) in [5.74, 6) is 1.05. The molecule has 1 fully saturated rings. The SMILES string of the molecule is Cc1cc(NC(=O)C(C)SCC(=O)NCC(C)(C)N2CCCCC2)no1. The van der Waals surface area contributed by atoms with Crippen LogP contribution in [0.4, 0.5) is 5.82 Å². The molecular weight excluding hydrogens is 352 g/mol. The molecule has 2 heterocycles. The van der Waals surface area contributed by atoms with Crippen LogP contribution in [-0.4, -0.2) is 58.0 Å². The van der Waals surface area contributed by atoms with Crippen LogP contribution in [0.2, 0.25) is 0 Å². The number of nitrogens with zero attached hydrogens (tertiary/aromatic N) is 2. The van der Waals surface area contributed by atoms with Gasteiger partial charge >= 0.3 is 0 Å². The molecule has 8 heteroatoms. The van der Waals surface area contributed by atoms with Gasteiger partial charge in [-0.2, -0.15) is 0 Å². The third kappa shape index (κ3) is 6.32. The van der Waals surface area contributed by atoms with Crippen molar-refractivity contribution in [3.63, 3.8) is 0 Å². The molecule has 0 saturated carbocycles. The zero-order valence-electron chi connectivity index (χ0n) is 16.1. The maximum Gasteiger partial charge on any atom is 0.238 e. The molecule has 1 saturated heterocycles. The van der Waals surface area contributed by atoms with Gasteiger partial charge in [-0.25, -0.2) is 0 Å². The number of carbonyl (C=O) groups excluding carboxylic acids is 2. The topological polar surface area (TPSA) is 87.5 Å². The number of thioether (sulfide) groups is 1. The molecule has 0 bridgehead atoms. The van der Waals surface area contributed by atoms with E-state index in [1.54, 1.807) is 19.9 Å². The van der Waals surface area contributed by atoms with Crippen molar-refractivity contribution in [1.82, 2.24) is 15.4 Å². The van der Waals surface area contributed by atoms with Gasteiger partial charge in [0.15, 0.2) is 5.82 Å². The van der Waals surface area contributed by atoms with Gasteiger partial charge in [0.05, 0.1) is 11.0 Å². The molecule has 1 aromatic heterocycles. The summed E-state index contributed by atoms with van der Waals surface area (Å²) >= 11 is 1.31. The second kappa shape index (κ2) is 9.41. The average molecular weight is 383 g/mol. The minimum Gasteiger partial charge on any atom is -0.360 e. The van der Waals surface area contributed by atoms with Crippen LogP contribution >= 0.6 is 11.8 Å². The first-order valence-electron chi connectivity index (χ1n) is 9.15. The van der Waals surface area contributed by atoms with E-state index in [2.05, 4.69) is 34.5 Å². The molecule has 1 aliphatic heterocycles. The number of anilines is 1. The van der Waals surface area contributed by atoms with Crippen LogP contribution in [0.3, 0.4) is 0 Å². The smallest absolute Gasteiger partial charge is 0.238 e. The zero-order valence-corrected chi connectivity index (χ0v) is 16.9. The molecule has 0 aliphatic carbocycles. The van der Waals surface area contributed by atoms with E-state index in [1.807, 2.05) is 0 Å². The van der Waals surface area contributed by atoms with Crippen LogP contribution in [0, 0.1) is 6.92 Å². The quantitative estimate of drug-likeness (QED) is 0.718. The van der Waals surface area contributed by atoms with E-state index in [9.17, 15) is 9.59 Å². The number of rotatable bonds is 8. The van der Waals surface area contributed by atoms with E-state index in [1.165, 1.54) is 31.0 Å². The van der Waals surface area contributed by atoms with E-state index in [-0.39, 0.29) is 28.4 Å². The Morgan fingerprint density at radius 2 is 2.04 bits per heavy atom. The van der Waals surface area contributed by atoms with Gasteiger partial charge in [0.2, 0.25) is 11.8 Å². The molecule has 2 N–H and O–H groups in total. The Bertz CT molecular complexity index is 611. The lowest BCUT2D eigenvalue weighted by molar-refractivity contribution is -0.119. The van der Waals surface area contributed by atoms with E-state index in [4.69, 9.17) is 4.52 Å². The highest BCUT2D eigenvalue weighted by Gasteiger charge is 2.28. The monoisotopic (exact) mass is 382 g/mol. The Hall–Kier alpha value is -1.54. The lowest BCUT2D eigenvalue weighted by atomic mass is 9.98. The number of carbonyl (C=O) groups is 2. The van der Waals surface area contributed by atoms with Gasteiger partial charge in [-0.15, -0.1) is 11.8 Å². The van der Waals surface area contributed by atoms with Gasteiger partial charge < -0.3 is 15.2 Å². The van der Waals surface area contributed by atoms with E-state index in [0.717, 1.165) is 13.1 Å². The number of piperidine rings is 1. The number of hydrogen-bond donors (Lipinski definition) is 2. The minimum absolute atomic E-state index is 0.0444. The van der Waals surface area contributed by atoms with Gasteiger partial charge in [-0.05, 0) is 53.6 Å². The molecule has 1 unspecified atom stereocenters. The molecule has 1 atom stereocenters. The molecule has 1 aromatic rings. The highest BCUT2D eigenvalue weighted by atomic mass is 32.2. The number of amides is 2. The summed E-state index contributed by atoms with van der Waals surface area (Å²) in [5, 5.41) is 9.07. The van der Waals surface area contributed by atoms with E-state index < -0.39 is 0 Å². The van der Waals surface area contributed by atoms with Crippen LogP contribution in [0.25, 0.3) is 0 Å². The zero-order chi connectivity index (χ0) is 19.2. The molecule has 7 nitrogen and oxygen atoms in total. The lowest BCUT2D eigenvalue weighted by Crippen LogP contribution is -2.53. The Balaban J connectivity index is 1.69. The van der Waals surface area contributed by atoms with Gasteiger partial charge in [-0.1, -0.05) is 11.6 Å². The Morgan fingerprint density at radius 1 is 1.35 bits per heavy atom. The third-order valence-electron chi connectivity index (χ3n) is 4.64. The lowest BCUT2D eigenvalue weighted by Gasteiger charge is -2.41. The van der Waals surface area contributed by atoms with Gasteiger partial charge in [0.25, 0.3) is 0 Å². The Labute approximate surface area is 159 Å². The number of aryl methyl sites for hydroxylation is 1. The second-order valence-corrected chi connectivity index (χ2v) is 8.73. The number of hydrogen-bond acceptors (Lipinski definition) is 6. The van der Waals surface area contributed by atoms with E-state index in [0.29, 0.717) is 18.1 Å². The number of aromatic nitrogens is 1. The molecule has 2 amide bonds. The normalized spacial score (nSPS) is 16.9. The van der Waals surface area contributed by atoms with Crippen LogP contribution < -0.4 is 10.6 Å². The summed E-state index contributed by atoms with van der Waals surface area (Å²) in [5.41, 5.74) is -0.0471. The fourth-order valence-electron chi connectivity index (χ4n) is 2.91. The summed E-state index contributed by atoms with van der Waals surface area (Å²) in [7, 11) is 0. The van der Waals surface area contributed by atoms with Crippen LogP contribution in [0.15, 0.2) is 10.6 Å². The first-order valence-corrected chi connectivity index (χ1v) is 10.2. The van der Waals surface area contributed by atoms with Gasteiger partial charge in [0.1, 0.15) is 5.76 Å². The summed E-state index contributed by atoms with van der Waals surface area (Å²) in [4.78, 5) is 26.7. The van der Waals surface area contributed by atoms with Crippen LogP contribution in [-0.2, 0) is 9.59 Å². The average Bonchev–Trinajstić information content (AvgIpc) is 3.03. The highest BCUT2D eigenvalue weighted by molar-refractivity contribution is 8.01. The van der Waals surface area contributed by atoms with Crippen molar-refractivity contribution in [3.05, 3.63) is 11.8 Å². The van der Waals surface area contributed by atoms with Crippen molar-refractivity contribution in [2.24, 2.45) is 0 Å². The molecule has 1 aliphatic rings. The maximum atomic E-state index is 12.2. The van der Waals surface area contributed by atoms with Crippen LogP contribution in [0.1, 0.15) is 45.8 Å². The standard InChI is InChI=1S/C18H30N4O3S/c1-13-10-15(21-25-13)20-17(24)14(2)26-11-16(23)19-12-18(3,4)22-8-6-5-7-9-22/h10,14H,5-9,11-12H2,1-4H3,(H,19,23)(H,20,21,24). The van der Waals surface area contributed by atoms with Gasteiger partial charge in [0, 0.05) is 18.2 Å². The molecule has 0 spiro atoms. The third-order valence-corrected chi connectivity index (χ3v) is 5.79. The second-order valence-electron chi connectivity index (χ2n) is 7.40. The predicted octanol–water partition coefficient (Wildman–Crippen LogP) is 2.42. The minimum atomic E-state index is -0.354. The number of likely N-dealkylation sites (tertiary alicyclic amines) is 1. The van der Waals surface area contributed by atoms with Crippen molar-refractivity contribution >= 4 is 29.4 Å². The highest BCUT2D eigenvalue weighted by Crippen LogP contribution is 2.20. The fraction of sp³-hybridized carbons (Fsp3) is 0.722. The van der Waals surface area contributed by atoms with Crippen molar-refractivity contribution in [2.45, 2.75) is 57.7 Å². The molecular formula is C18H30N4O3S. The van der Waals surface area contributed by atoms with E-state index >= 15 is 0 Å². The molecule has 0 radical (unpaired) electrons. The molecule has 2 rings (SSSR count). The van der Waals surface area contributed by atoms with Crippen LogP contribution in [0.5, 0.6) is 0 Å². The Kier molecular flexibility index (Phi) is 7.52. The van der Waals surface area contributed by atoms with Crippen molar-refractivity contribution in [3.8, 4) is 0 Å². The van der Waals surface area contributed by atoms with Crippen molar-refractivity contribution in [2.75, 3.05) is 30.7 Å². The maximum absolute atomic E-state index is 12.2. The predicted molar refractivity (Wildman–Crippen MR) is 104 cm³/mol. The molecule has 146 valence electrons. The molecule has 26 heavy (non-hydrogen) atoms. The summed E-state index contributed by atoms with van der Waals surface area (Å²) in [6, 6.07) is 1.66. The molecule has 0 aromatic carbocycles. The number of nitrogens with one attached hydrogen (secondary N) is 2. The first kappa shape index (κ1) is 20.8. The summed E-state index contributed by atoms with van der Waals surface area (Å²) < 4.78 is 4.92. The van der Waals surface area contributed by atoms with Gasteiger partial charge in [-0.3, -0.25) is 14.5 Å². The Morgan fingerprint density at radius 3 is 2.65 bits per heavy atom. The summed E-state index contributed by atoms with van der Waals surface area (Å²) in [6.07, 6.45) is 3.75.